The third-order valence-electron chi connectivity index (χ3n) is 3.94. The molecule has 2 amide bonds. The van der Waals surface area contributed by atoms with Crippen molar-refractivity contribution in [3.63, 3.8) is 0 Å². The summed E-state index contributed by atoms with van der Waals surface area (Å²) in [5, 5.41) is 5.69. The highest BCUT2D eigenvalue weighted by molar-refractivity contribution is 7.12. The molecule has 1 aliphatic heterocycles. The van der Waals surface area contributed by atoms with Crippen LogP contribution in [0, 0.1) is 0 Å². The number of rotatable bonds is 5. The zero-order chi connectivity index (χ0) is 18.4. The molecule has 0 unspecified atom stereocenters. The van der Waals surface area contributed by atoms with Gasteiger partial charge in [-0.05, 0) is 39.9 Å². The molecule has 0 atom stereocenters. The van der Waals surface area contributed by atoms with E-state index in [4.69, 9.17) is 4.74 Å². The molecule has 0 aromatic carbocycles. The van der Waals surface area contributed by atoms with Crippen LogP contribution in [0.25, 0.3) is 6.08 Å². The van der Waals surface area contributed by atoms with Crippen molar-refractivity contribution in [2.75, 3.05) is 32.8 Å². The molecular weight excluding hydrogens is 372 g/mol. The fraction of sp³-hybridized carbons (Fsp3) is 0.278. The van der Waals surface area contributed by atoms with Gasteiger partial charge in [0, 0.05) is 32.3 Å². The zero-order valence-corrected chi connectivity index (χ0v) is 15.6. The van der Waals surface area contributed by atoms with Gasteiger partial charge in [-0.1, -0.05) is 6.07 Å². The first-order valence-electron chi connectivity index (χ1n) is 8.11. The summed E-state index contributed by atoms with van der Waals surface area (Å²) in [6, 6.07) is 5.53. The number of carbonyl (C=O) groups is 3. The molecule has 1 saturated heterocycles. The molecule has 0 spiro atoms. The first-order valence-corrected chi connectivity index (χ1v) is 9.93. The van der Waals surface area contributed by atoms with Gasteiger partial charge in [0.2, 0.25) is 0 Å². The number of esters is 1. The van der Waals surface area contributed by atoms with Crippen molar-refractivity contribution < 1.29 is 19.1 Å². The Labute approximate surface area is 159 Å². The highest BCUT2D eigenvalue weighted by Gasteiger charge is 2.25. The average molecular weight is 390 g/mol. The maximum Gasteiger partial charge on any atom is 0.331 e. The number of hydrogen-bond donors (Lipinski definition) is 0. The predicted molar refractivity (Wildman–Crippen MR) is 101 cm³/mol. The summed E-state index contributed by atoms with van der Waals surface area (Å²) in [6.07, 6.45) is 2.96. The molecule has 1 aliphatic rings. The van der Waals surface area contributed by atoms with Crippen molar-refractivity contribution >= 4 is 46.5 Å². The second kappa shape index (κ2) is 8.77. The maximum absolute atomic E-state index is 12.3. The van der Waals surface area contributed by atoms with Crippen LogP contribution in [0.4, 0.5) is 0 Å². The van der Waals surface area contributed by atoms with Gasteiger partial charge in [-0.25, -0.2) is 4.79 Å². The monoisotopic (exact) mass is 390 g/mol. The molecule has 1 fully saturated rings. The lowest BCUT2D eigenvalue weighted by atomic mass is 10.3. The molecule has 2 aromatic rings. The summed E-state index contributed by atoms with van der Waals surface area (Å²) in [5.41, 5.74) is 0.921. The lowest BCUT2D eigenvalue weighted by molar-refractivity contribution is -0.148. The minimum absolute atomic E-state index is 0.00269. The minimum atomic E-state index is -0.545. The van der Waals surface area contributed by atoms with E-state index in [1.165, 1.54) is 28.7 Å². The van der Waals surface area contributed by atoms with Gasteiger partial charge in [0.05, 0.1) is 4.88 Å². The van der Waals surface area contributed by atoms with Crippen LogP contribution in [0.1, 0.15) is 15.2 Å². The first-order chi connectivity index (χ1) is 12.6. The fourth-order valence-electron chi connectivity index (χ4n) is 2.52. The van der Waals surface area contributed by atoms with E-state index in [1.54, 1.807) is 21.9 Å². The van der Waals surface area contributed by atoms with Gasteiger partial charge in [-0.15, -0.1) is 11.3 Å². The molecule has 136 valence electrons. The van der Waals surface area contributed by atoms with Crippen LogP contribution in [0.5, 0.6) is 0 Å². The standard InChI is InChI=1S/C18H18N2O4S2/c21-16(12-24-17(22)4-3-14-5-11-25-13-14)19-6-8-20(9-7-19)18(23)15-2-1-10-26-15/h1-5,10-11,13H,6-9,12H2/b4-3+. The Kier molecular flexibility index (Phi) is 6.19. The Bertz CT molecular complexity index is 776. The van der Waals surface area contributed by atoms with E-state index in [0.717, 1.165) is 5.56 Å². The normalized spacial score (nSPS) is 14.6. The van der Waals surface area contributed by atoms with Crippen LogP contribution < -0.4 is 0 Å². The molecule has 0 aliphatic carbocycles. The van der Waals surface area contributed by atoms with E-state index >= 15 is 0 Å². The fourth-order valence-corrected chi connectivity index (χ4v) is 3.84. The second-order valence-electron chi connectivity index (χ2n) is 5.65. The lowest BCUT2D eigenvalue weighted by Crippen LogP contribution is -2.51. The molecular formula is C18H18N2O4S2. The van der Waals surface area contributed by atoms with Crippen molar-refractivity contribution in [3.8, 4) is 0 Å². The molecule has 0 saturated carbocycles. The van der Waals surface area contributed by atoms with Crippen LogP contribution in [-0.4, -0.2) is 60.4 Å². The van der Waals surface area contributed by atoms with Crippen LogP contribution in [0.2, 0.25) is 0 Å². The highest BCUT2D eigenvalue weighted by atomic mass is 32.1. The van der Waals surface area contributed by atoms with Crippen LogP contribution in [-0.2, 0) is 14.3 Å². The Morgan fingerprint density at radius 2 is 1.85 bits per heavy atom. The first kappa shape index (κ1) is 18.3. The van der Waals surface area contributed by atoms with E-state index in [0.29, 0.717) is 31.1 Å². The molecule has 0 radical (unpaired) electrons. The molecule has 0 bridgehead atoms. The van der Waals surface area contributed by atoms with Crippen LogP contribution in [0.3, 0.4) is 0 Å². The smallest absolute Gasteiger partial charge is 0.331 e. The number of hydrogen-bond acceptors (Lipinski definition) is 6. The second-order valence-corrected chi connectivity index (χ2v) is 7.38. The summed E-state index contributed by atoms with van der Waals surface area (Å²) in [6.45, 7) is 1.56. The Hall–Kier alpha value is -2.45. The van der Waals surface area contributed by atoms with Gasteiger partial charge < -0.3 is 14.5 Å². The average Bonchev–Trinajstić information content (AvgIpc) is 3.37. The van der Waals surface area contributed by atoms with E-state index in [2.05, 4.69) is 0 Å². The topological polar surface area (TPSA) is 66.9 Å². The lowest BCUT2D eigenvalue weighted by Gasteiger charge is -2.34. The number of carbonyl (C=O) groups excluding carboxylic acids is 3. The van der Waals surface area contributed by atoms with E-state index < -0.39 is 5.97 Å². The van der Waals surface area contributed by atoms with Crippen molar-refractivity contribution in [3.05, 3.63) is 50.9 Å². The molecule has 0 N–H and O–H groups in total. The van der Waals surface area contributed by atoms with Gasteiger partial charge in [-0.3, -0.25) is 9.59 Å². The Morgan fingerprint density at radius 1 is 1.08 bits per heavy atom. The van der Waals surface area contributed by atoms with E-state index in [1.807, 2.05) is 28.3 Å². The third-order valence-corrected chi connectivity index (χ3v) is 5.50. The van der Waals surface area contributed by atoms with E-state index in [9.17, 15) is 14.4 Å². The molecule has 3 heterocycles. The number of nitrogens with zero attached hydrogens (tertiary/aromatic N) is 2. The van der Waals surface area contributed by atoms with Gasteiger partial charge in [0.1, 0.15) is 0 Å². The van der Waals surface area contributed by atoms with Crippen molar-refractivity contribution in [2.45, 2.75) is 0 Å². The van der Waals surface area contributed by atoms with Crippen molar-refractivity contribution in [1.82, 2.24) is 9.80 Å². The minimum Gasteiger partial charge on any atom is -0.452 e. The van der Waals surface area contributed by atoms with Gasteiger partial charge in [-0.2, -0.15) is 11.3 Å². The zero-order valence-electron chi connectivity index (χ0n) is 14.0. The molecule has 26 heavy (non-hydrogen) atoms. The molecule has 8 heteroatoms. The predicted octanol–water partition coefficient (Wildman–Crippen LogP) is 2.35. The summed E-state index contributed by atoms with van der Waals surface area (Å²) in [5.74, 6) is -0.793. The highest BCUT2D eigenvalue weighted by Crippen LogP contribution is 2.14. The Morgan fingerprint density at radius 3 is 2.50 bits per heavy atom. The molecule has 2 aromatic heterocycles. The number of thiophene rings is 2. The summed E-state index contributed by atoms with van der Waals surface area (Å²) >= 11 is 2.95. The SMILES string of the molecule is O=C(/C=C/c1ccsc1)OCC(=O)N1CCN(C(=O)c2cccs2)CC1. The summed E-state index contributed by atoms with van der Waals surface area (Å²) in [4.78, 5) is 40.2. The van der Waals surface area contributed by atoms with E-state index in [-0.39, 0.29) is 18.4 Å². The number of amides is 2. The van der Waals surface area contributed by atoms with Crippen LogP contribution in [0.15, 0.2) is 40.4 Å². The Balaban J connectivity index is 1.41. The number of piperazine rings is 1. The quantitative estimate of drug-likeness (QED) is 0.581. The summed E-state index contributed by atoms with van der Waals surface area (Å²) in [7, 11) is 0. The van der Waals surface area contributed by atoms with Gasteiger partial charge in [0.15, 0.2) is 6.61 Å². The molecule has 3 rings (SSSR count). The third kappa shape index (κ3) is 4.80. The largest absolute Gasteiger partial charge is 0.452 e. The van der Waals surface area contributed by atoms with Crippen molar-refractivity contribution in [1.29, 1.82) is 0 Å². The maximum atomic E-state index is 12.3. The van der Waals surface area contributed by atoms with Crippen LogP contribution >= 0.6 is 22.7 Å². The van der Waals surface area contributed by atoms with Crippen molar-refractivity contribution in [2.24, 2.45) is 0 Å². The van der Waals surface area contributed by atoms with Gasteiger partial charge in [0.25, 0.3) is 11.8 Å². The molecule has 6 nitrogen and oxygen atoms in total. The van der Waals surface area contributed by atoms with Gasteiger partial charge >= 0.3 is 5.97 Å². The number of ether oxygens (including phenoxy) is 1. The summed E-state index contributed by atoms with van der Waals surface area (Å²) < 4.78 is 5.00.